The minimum Gasteiger partial charge on any atom is -0.489 e. The van der Waals surface area contributed by atoms with Crippen molar-refractivity contribution in [2.45, 2.75) is 12.8 Å². The molecule has 0 atom stereocenters. The van der Waals surface area contributed by atoms with E-state index in [0.29, 0.717) is 11.3 Å². The molecular weight excluding hydrogens is 515 g/mol. The van der Waals surface area contributed by atoms with Crippen LogP contribution < -0.4 is 10.1 Å². The molecule has 0 unspecified atom stereocenters. The lowest BCUT2D eigenvalue weighted by molar-refractivity contribution is -0.136. The molecule has 8 heteroatoms. The molecule has 0 bridgehead atoms. The maximum atomic E-state index is 13.2. The van der Waals surface area contributed by atoms with Crippen molar-refractivity contribution < 1.29 is 22.7 Å². The summed E-state index contributed by atoms with van der Waals surface area (Å²) in [7, 11) is 0. The maximum Gasteiger partial charge on any atom is 0.418 e. The summed E-state index contributed by atoms with van der Waals surface area (Å²) in [6.45, 7) is 0.212. The third-order valence-corrected chi connectivity index (χ3v) is 4.91. The minimum atomic E-state index is -4.59. The van der Waals surface area contributed by atoms with Crippen molar-refractivity contribution in [2.24, 2.45) is 0 Å². The van der Waals surface area contributed by atoms with E-state index in [1.807, 2.05) is 18.2 Å². The Morgan fingerprint density at radius 1 is 0.931 bits per heavy atom. The van der Waals surface area contributed by atoms with E-state index in [1.54, 1.807) is 24.3 Å². The molecule has 0 aliphatic heterocycles. The van der Waals surface area contributed by atoms with Gasteiger partial charge in [-0.2, -0.15) is 13.2 Å². The van der Waals surface area contributed by atoms with Crippen LogP contribution in [0, 0.1) is 0 Å². The number of carbonyl (C=O) groups excluding carboxylic acids is 1. The van der Waals surface area contributed by atoms with Crippen molar-refractivity contribution >= 4 is 43.5 Å². The number of nitrogens with one attached hydrogen (secondary N) is 1. The zero-order chi connectivity index (χ0) is 21.0. The molecule has 3 aromatic rings. The third-order valence-electron chi connectivity index (χ3n) is 3.93. The van der Waals surface area contributed by atoms with Gasteiger partial charge in [-0.3, -0.25) is 4.79 Å². The predicted molar refractivity (Wildman–Crippen MR) is 112 cm³/mol. The van der Waals surface area contributed by atoms with Gasteiger partial charge in [0.15, 0.2) is 0 Å². The highest BCUT2D eigenvalue weighted by atomic mass is 79.9. The van der Waals surface area contributed by atoms with Crippen molar-refractivity contribution in [2.75, 3.05) is 5.32 Å². The number of rotatable bonds is 5. The molecular formula is C21H14Br2F3NO2. The lowest BCUT2D eigenvalue weighted by atomic mass is 10.1. The summed E-state index contributed by atoms with van der Waals surface area (Å²) in [6, 6.07) is 17.4. The fourth-order valence-corrected chi connectivity index (χ4v) is 3.32. The lowest BCUT2D eigenvalue weighted by Gasteiger charge is -2.14. The molecule has 0 fully saturated rings. The Morgan fingerprint density at radius 3 is 2.38 bits per heavy atom. The molecule has 0 radical (unpaired) electrons. The quantitative estimate of drug-likeness (QED) is 0.385. The fourth-order valence-electron chi connectivity index (χ4n) is 2.58. The molecule has 0 aliphatic rings. The number of carbonyl (C=O) groups is 1. The smallest absolute Gasteiger partial charge is 0.418 e. The van der Waals surface area contributed by atoms with E-state index in [9.17, 15) is 18.0 Å². The van der Waals surface area contributed by atoms with E-state index in [1.165, 1.54) is 18.2 Å². The highest BCUT2D eigenvalue weighted by Gasteiger charge is 2.34. The van der Waals surface area contributed by atoms with Gasteiger partial charge in [0.1, 0.15) is 12.4 Å². The van der Waals surface area contributed by atoms with Crippen LogP contribution in [0.25, 0.3) is 0 Å². The van der Waals surface area contributed by atoms with Gasteiger partial charge in [0, 0.05) is 14.5 Å². The van der Waals surface area contributed by atoms with Crippen LogP contribution in [0.15, 0.2) is 75.7 Å². The highest BCUT2D eigenvalue weighted by Crippen LogP contribution is 2.36. The van der Waals surface area contributed by atoms with Gasteiger partial charge in [0.2, 0.25) is 0 Å². The minimum absolute atomic E-state index is 0.212. The lowest BCUT2D eigenvalue weighted by Crippen LogP contribution is -2.17. The van der Waals surface area contributed by atoms with Gasteiger partial charge in [0.05, 0.1) is 11.3 Å². The average molecular weight is 529 g/mol. The van der Waals surface area contributed by atoms with Crippen molar-refractivity contribution in [3.63, 3.8) is 0 Å². The van der Waals surface area contributed by atoms with Crippen LogP contribution in [0.4, 0.5) is 18.9 Å². The summed E-state index contributed by atoms with van der Waals surface area (Å²) in [6.07, 6.45) is -4.59. The van der Waals surface area contributed by atoms with E-state index in [0.717, 1.165) is 10.5 Å². The monoisotopic (exact) mass is 527 g/mol. The normalized spacial score (nSPS) is 11.2. The molecule has 150 valence electrons. The number of amides is 1. The van der Waals surface area contributed by atoms with Gasteiger partial charge in [-0.25, -0.2) is 0 Å². The first-order valence-corrected chi connectivity index (χ1v) is 9.96. The summed E-state index contributed by atoms with van der Waals surface area (Å²) in [5.74, 6) is 0.0149. The number of hydrogen-bond acceptors (Lipinski definition) is 2. The van der Waals surface area contributed by atoms with Gasteiger partial charge in [-0.1, -0.05) is 50.1 Å². The number of ether oxygens (including phenoxy) is 1. The Bertz CT molecular complexity index is 1040. The summed E-state index contributed by atoms with van der Waals surface area (Å²) in [5, 5.41) is 2.34. The molecule has 0 heterocycles. The van der Waals surface area contributed by atoms with Crippen LogP contribution in [-0.4, -0.2) is 5.91 Å². The second-order valence-electron chi connectivity index (χ2n) is 6.09. The van der Waals surface area contributed by atoms with Crippen LogP contribution in [0.3, 0.4) is 0 Å². The van der Waals surface area contributed by atoms with Crippen molar-refractivity contribution in [3.05, 3.63) is 92.4 Å². The van der Waals surface area contributed by atoms with Crippen LogP contribution in [0.1, 0.15) is 21.5 Å². The molecule has 0 spiro atoms. The zero-order valence-corrected chi connectivity index (χ0v) is 17.9. The molecule has 0 saturated carbocycles. The molecule has 0 aromatic heterocycles. The largest absolute Gasteiger partial charge is 0.489 e. The summed E-state index contributed by atoms with van der Waals surface area (Å²) < 4.78 is 46.6. The Morgan fingerprint density at radius 2 is 1.66 bits per heavy atom. The Kier molecular flexibility index (Phi) is 6.64. The molecule has 3 aromatic carbocycles. The molecule has 3 rings (SSSR count). The molecule has 1 N–H and O–H groups in total. The van der Waals surface area contributed by atoms with Gasteiger partial charge in [0.25, 0.3) is 5.91 Å². The number of benzene rings is 3. The first kappa shape index (κ1) is 21.4. The second-order valence-corrected chi connectivity index (χ2v) is 7.92. The number of halogens is 5. The maximum absolute atomic E-state index is 13.2. The van der Waals surface area contributed by atoms with Crippen LogP contribution in [0.2, 0.25) is 0 Å². The van der Waals surface area contributed by atoms with Crippen molar-refractivity contribution in [1.82, 2.24) is 0 Å². The summed E-state index contributed by atoms with van der Waals surface area (Å²) >= 11 is 6.38. The van der Waals surface area contributed by atoms with E-state index < -0.39 is 17.6 Å². The Labute approximate surface area is 182 Å². The standard InChI is InChI=1S/C21H14Br2F3NO2/c22-15-5-2-6-17(10-15)29-12-13-3-1-4-14(9-13)20(28)27-19-8-7-16(23)11-18(19)21(24,25)26/h1-11H,12H2,(H,27,28). The van der Waals surface area contributed by atoms with Gasteiger partial charge < -0.3 is 10.1 Å². The van der Waals surface area contributed by atoms with Gasteiger partial charge in [-0.05, 0) is 54.1 Å². The molecule has 29 heavy (non-hydrogen) atoms. The van der Waals surface area contributed by atoms with Crippen LogP contribution >= 0.6 is 31.9 Å². The first-order chi connectivity index (χ1) is 13.7. The summed E-state index contributed by atoms with van der Waals surface area (Å²) in [5.41, 5.74) is -0.281. The fraction of sp³-hybridized carbons (Fsp3) is 0.0952. The number of hydrogen-bond donors (Lipinski definition) is 1. The van der Waals surface area contributed by atoms with Crippen molar-refractivity contribution in [1.29, 1.82) is 0 Å². The SMILES string of the molecule is O=C(Nc1ccc(Br)cc1C(F)(F)F)c1cccc(COc2cccc(Br)c2)c1. The molecule has 1 amide bonds. The Hall–Kier alpha value is -2.32. The Balaban J connectivity index is 1.75. The van der Waals surface area contributed by atoms with Gasteiger partial charge >= 0.3 is 6.18 Å². The second kappa shape index (κ2) is 9.00. The average Bonchev–Trinajstić information content (AvgIpc) is 2.67. The number of anilines is 1. The van der Waals surface area contributed by atoms with Crippen molar-refractivity contribution in [3.8, 4) is 5.75 Å². The third kappa shape index (κ3) is 5.83. The number of alkyl halides is 3. The predicted octanol–water partition coefficient (Wildman–Crippen LogP) is 7.06. The highest BCUT2D eigenvalue weighted by molar-refractivity contribution is 9.10. The van der Waals surface area contributed by atoms with E-state index >= 15 is 0 Å². The van der Waals surface area contributed by atoms with E-state index in [4.69, 9.17) is 4.74 Å². The summed E-state index contributed by atoms with van der Waals surface area (Å²) in [4.78, 5) is 12.5. The van der Waals surface area contributed by atoms with E-state index in [-0.39, 0.29) is 22.3 Å². The molecule has 0 aliphatic carbocycles. The topological polar surface area (TPSA) is 38.3 Å². The zero-order valence-electron chi connectivity index (χ0n) is 14.8. The van der Waals surface area contributed by atoms with Gasteiger partial charge in [-0.15, -0.1) is 0 Å². The van der Waals surface area contributed by atoms with E-state index in [2.05, 4.69) is 37.2 Å². The first-order valence-electron chi connectivity index (χ1n) is 8.38. The molecule has 3 nitrogen and oxygen atoms in total. The van der Waals surface area contributed by atoms with Crippen LogP contribution in [-0.2, 0) is 12.8 Å². The van der Waals surface area contributed by atoms with Crippen LogP contribution in [0.5, 0.6) is 5.75 Å². The molecule has 0 saturated heterocycles.